The van der Waals surface area contributed by atoms with Crippen LogP contribution in [-0.4, -0.2) is 10.4 Å². The van der Waals surface area contributed by atoms with Gasteiger partial charge in [-0.3, -0.25) is 4.79 Å². The fourth-order valence-corrected chi connectivity index (χ4v) is 8.68. The lowest BCUT2D eigenvalue weighted by Gasteiger charge is -2.27. The first kappa shape index (κ1) is 28.1. The highest BCUT2D eigenvalue weighted by molar-refractivity contribution is 6.14. The molecule has 49 heavy (non-hydrogen) atoms. The van der Waals surface area contributed by atoms with Gasteiger partial charge in [-0.25, -0.2) is 0 Å². The van der Waals surface area contributed by atoms with Gasteiger partial charge >= 0.3 is 0 Å². The smallest absolute Gasteiger partial charge is 0.175 e. The summed E-state index contributed by atoms with van der Waals surface area (Å²) in [5, 5.41) is 2.49. The molecule has 0 N–H and O–H groups in total. The summed E-state index contributed by atoms with van der Waals surface area (Å²) in [4.78, 5) is 13.9. The molecule has 0 bridgehead atoms. The number of hydrogen-bond acceptors (Lipinski definition) is 1. The molecule has 232 valence electrons. The van der Waals surface area contributed by atoms with Crippen molar-refractivity contribution in [3.8, 4) is 39.1 Å². The van der Waals surface area contributed by atoms with Crippen LogP contribution in [0.25, 0.3) is 60.9 Å². The zero-order valence-corrected chi connectivity index (χ0v) is 27.4. The molecule has 1 heterocycles. The maximum Gasteiger partial charge on any atom is 0.175 e. The van der Waals surface area contributed by atoms with Crippen molar-refractivity contribution >= 4 is 27.6 Å². The van der Waals surface area contributed by atoms with Crippen LogP contribution < -0.4 is 0 Å². The van der Waals surface area contributed by atoms with Gasteiger partial charge in [0.1, 0.15) is 0 Å². The summed E-state index contributed by atoms with van der Waals surface area (Å²) >= 11 is 0. The molecule has 2 aliphatic carbocycles. The Balaban J connectivity index is 1.21. The molecule has 2 nitrogen and oxygen atoms in total. The Morgan fingerprint density at radius 2 is 1.12 bits per heavy atom. The van der Waals surface area contributed by atoms with Crippen LogP contribution in [0.3, 0.4) is 0 Å². The topological polar surface area (TPSA) is 22.0 Å². The zero-order valence-electron chi connectivity index (χ0n) is 27.4. The summed E-state index contributed by atoms with van der Waals surface area (Å²) in [6.45, 7) is 4.70. The molecule has 1 aromatic heterocycles. The molecule has 0 aliphatic heterocycles. The molecule has 0 radical (unpaired) electrons. The van der Waals surface area contributed by atoms with E-state index >= 15 is 0 Å². The minimum atomic E-state index is -0.319. The van der Waals surface area contributed by atoms with Crippen molar-refractivity contribution in [2.75, 3.05) is 0 Å². The van der Waals surface area contributed by atoms with Crippen molar-refractivity contribution in [2.45, 2.75) is 25.2 Å². The molecule has 0 amide bonds. The highest BCUT2D eigenvalue weighted by Gasteiger charge is 2.36. The van der Waals surface area contributed by atoms with Crippen molar-refractivity contribution in [1.29, 1.82) is 0 Å². The van der Waals surface area contributed by atoms with Crippen LogP contribution in [0, 0.1) is 0 Å². The summed E-state index contributed by atoms with van der Waals surface area (Å²) in [5.41, 5.74) is 16.2. The van der Waals surface area contributed by atoms with E-state index < -0.39 is 0 Å². The van der Waals surface area contributed by atoms with Crippen molar-refractivity contribution in [3.05, 3.63) is 186 Å². The summed E-state index contributed by atoms with van der Waals surface area (Å²) < 4.78 is 2.42. The number of carbonyl (C=O) groups is 1. The summed E-state index contributed by atoms with van der Waals surface area (Å²) in [7, 11) is 0. The van der Waals surface area contributed by atoms with E-state index in [0.29, 0.717) is 0 Å². The van der Waals surface area contributed by atoms with Gasteiger partial charge < -0.3 is 4.57 Å². The molecule has 0 spiro atoms. The molecule has 2 aliphatic rings. The van der Waals surface area contributed by atoms with E-state index in [4.69, 9.17) is 0 Å². The molecule has 2 heteroatoms. The van der Waals surface area contributed by atoms with Crippen LogP contribution in [-0.2, 0) is 5.41 Å². The van der Waals surface area contributed by atoms with E-state index in [-0.39, 0.29) is 17.1 Å². The minimum absolute atomic E-state index is 0.0817. The van der Waals surface area contributed by atoms with Crippen LogP contribution in [0.5, 0.6) is 0 Å². The second-order valence-corrected chi connectivity index (χ2v) is 14.0. The lowest BCUT2D eigenvalue weighted by molar-refractivity contribution is 0.0972. The Bertz CT molecular complexity index is 2640. The minimum Gasteiger partial charge on any atom is -0.309 e. The SMILES string of the molecule is CC1(C)c2ccccc2-c2cc3c4cc(-c5ccc6c(c5)-c5ccccc5C(=O)C6c5ccccc5)ccc4n(-c4ccccc4)c3cc21. The number of para-hydroxylation sites is 1. The van der Waals surface area contributed by atoms with Crippen LogP contribution in [0.1, 0.15) is 52.4 Å². The van der Waals surface area contributed by atoms with Gasteiger partial charge in [-0.1, -0.05) is 129 Å². The van der Waals surface area contributed by atoms with E-state index in [1.54, 1.807) is 0 Å². The Morgan fingerprint density at radius 1 is 0.490 bits per heavy atom. The van der Waals surface area contributed by atoms with E-state index in [1.165, 1.54) is 44.1 Å². The predicted molar refractivity (Wildman–Crippen MR) is 202 cm³/mol. The maximum atomic E-state index is 13.9. The molecule has 0 fully saturated rings. The zero-order chi connectivity index (χ0) is 32.9. The fraction of sp³-hybridized carbons (Fsp3) is 0.0851. The molecule has 0 saturated heterocycles. The number of benzene rings is 7. The number of ketones is 1. The van der Waals surface area contributed by atoms with Crippen LogP contribution >= 0.6 is 0 Å². The molecule has 10 rings (SSSR count). The first-order valence-electron chi connectivity index (χ1n) is 17.1. The molecule has 1 unspecified atom stereocenters. The lowest BCUT2D eigenvalue weighted by atomic mass is 9.74. The Hall–Kier alpha value is -5.99. The van der Waals surface area contributed by atoms with Crippen molar-refractivity contribution in [2.24, 2.45) is 0 Å². The van der Waals surface area contributed by atoms with Crippen LogP contribution in [0.15, 0.2) is 158 Å². The van der Waals surface area contributed by atoms with Gasteiger partial charge in [0.2, 0.25) is 0 Å². The second-order valence-electron chi connectivity index (χ2n) is 14.0. The third kappa shape index (κ3) is 3.98. The monoisotopic (exact) mass is 627 g/mol. The predicted octanol–water partition coefficient (Wildman–Crippen LogP) is 11.8. The quantitative estimate of drug-likeness (QED) is 0.191. The number of fused-ring (bicyclic) bond motifs is 9. The van der Waals surface area contributed by atoms with Gasteiger partial charge in [0.25, 0.3) is 0 Å². The van der Waals surface area contributed by atoms with Gasteiger partial charge in [0, 0.05) is 27.4 Å². The molecule has 8 aromatic rings. The molecular weight excluding hydrogens is 595 g/mol. The molecule has 0 saturated carbocycles. The summed E-state index contributed by atoms with van der Waals surface area (Å²) in [6, 6.07) is 56.3. The van der Waals surface area contributed by atoms with Crippen LogP contribution in [0.4, 0.5) is 0 Å². The van der Waals surface area contributed by atoms with Gasteiger partial charge in [-0.15, -0.1) is 0 Å². The van der Waals surface area contributed by atoms with Gasteiger partial charge in [-0.2, -0.15) is 0 Å². The van der Waals surface area contributed by atoms with Crippen molar-refractivity contribution in [1.82, 2.24) is 4.57 Å². The Kier molecular flexibility index (Phi) is 5.87. The van der Waals surface area contributed by atoms with E-state index in [1.807, 2.05) is 36.4 Å². The molecule has 1 atom stereocenters. The normalized spacial score (nSPS) is 15.6. The third-order valence-corrected chi connectivity index (χ3v) is 11.1. The highest BCUT2D eigenvalue weighted by atomic mass is 16.1. The van der Waals surface area contributed by atoms with E-state index in [2.05, 4.69) is 140 Å². The third-order valence-electron chi connectivity index (χ3n) is 11.1. The second kappa shape index (κ2) is 10.3. The van der Waals surface area contributed by atoms with Gasteiger partial charge in [-0.05, 0) is 98.1 Å². The number of nitrogens with zero attached hydrogens (tertiary/aromatic N) is 1. The molecular formula is C47H33NO. The molecule has 7 aromatic carbocycles. The highest BCUT2D eigenvalue weighted by Crippen LogP contribution is 2.51. The number of aromatic nitrogens is 1. The standard InChI is InChI=1S/C47H33NO/c1-47(2)41-20-12-11-18-34(41)38-27-40-39-26-31(22-24-43(39)48(44(40)28-42(38)47)32-15-7-4-8-16-32)30-21-23-35-37(25-30)33-17-9-10-19-36(33)46(49)45(35)29-13-5-3-6-14-29/h3-28,45H,1-2H3. The first-order valence-corrected chi connectivity index (χ1v) is 17.1. The maximum absolute atomic E-state index is 13.9. The fourth-order valence-electron chi connectivity index (χ4n) is 8.68. The van der Waals surface area contributed by atoms with Gasteiger partial charge in [0.15, 0.2) is 5.78 Å². The number of carbonyl (C=O) groups excluding carboxylic acids is 1. The Morgan fingerprint density at radius 3 is 1.92 bits per heavy atom. The number of rotatable bonds is 3. The van der Waals surface area contributed by atoms with E-state index in [9.17, 15) is 4.79 Å². The average molecular weight is 628 g/mol. The lowest BCUT2D eigenvalue weighted by Crippen LogP contribution is -2.20. The summed E-state index contributed by atoms with van der Waals surface area (Å²) in [5.74, 6) is -0.157. The number of hydrogen-bond donors (Lipinski definition) is 0. The van der Waals surface area contributed by atoms with Gasteiger partial charge in [0.05, 0.1) is 17.0 Å². The largest absolute Gasteiger partial charge is 0.309 e. The number of Topliss-reactive ketones (excluding diaryl/α,β-unsaturated/α-hetero) is 1. The Labute approximate surface area is 285 Å². The average Bonchev–Trinajstić information content (AvgIpc) is 3.59. The van der Waals surface area contributed by atoms with Crippen molar-refractivity contribution in [3.63, 3.8) is 0 Å². The summed E-state index contributed by atoms with van der Waals surface area (Å²) in [6.07, 6.45) is 0. The van der Waals surface area contributed by atoms with E-state index in [0.717, 1.165) is 44.6 Å². The first-order chi connectivity index (χ1) is 24.0. The van der Waals surface area contributed by atoms with Crippen LogP contribution in [0.2, 0.25) is 0 Å². The van der Waals surface area contributed by atoms with Crippen molar-refractivity contribution < 1.29 is 4.79 Å².